The summed E-state index contributed by atoms with van der Waals surface area (Å²) in [6.45, 7) is 5.27. The highest BCUT2D eigenvalue weighted by atomic mass is 32.1. The second kappa shape index (κ2) is 9.26. The van der Waals surface area contributed by atoms with Crippen molar-refractivity contribution in [3.8, 4) is 16.3 Å². The van der Waals surface area contributed by atoms with Gasteiger partial charge in [0.1, 0.15) is 16.6 Å². The van der Waals surface area contributed by atoms with Gasteiger partial charge >= 0.3 is 0 Å². The van der Waals surface area contributed by atoms with Gasteiger partial charge in [-0.2, -0.15) is 0 Å². The zero-order valence-electron chi connectivity index (χ0n) is 18.2. The van der Waals surface area contributed by atoms with Crippen LogP contribution in [0.2, 0.25) is 0 Å². The number of pyridine rings is 1. The number of piperazine rings is 1. The average Bonchev–Trinajstić information content (AvgIpc) is 3.28. The molecule has 7 nitrogen and oxygen atoms in total. The van der Waals surface area contributed by atoms with Crippen molar-refractivity contribution in [1.29, 1.82) is 0 Å². The fourth-order valence-electron chi connectivity index (χ4n) is 4.28. The van der Waals surface area contributed by atoms with Crippen LogP contribution in [0.3, 0.4) is 0 Å². The van der Waals surface area contributed by atoms with Gasteiger partial charge < -0.3 is 14.5 Å². The Balaban J connectivity index is 1.18. The summed E-state index contributed by atoms with van der Waals surface area (Å²) < 4.78 is 5.35. The minimum absolute atomic E-state index is 0.214. The number of thiazole rings is 1. The summed E-state index contributed by atoms with van der Waals surface area (Å²) >= 11 is 1.73. The van der Waals surface area contributed by atoms with Crippen molar-refractivity contribution in [3.63, 3.8) is 0 Å². The van der Waals surface area contributed by atoms with Crippen LogP contribution >= 0.6 is 11.3 Å². The van der Waals surface area contributed by atoms with Crippen molar-refractivity contribution in [2.24, 2.45) is 0 Å². The first-order chi connectivity index (χ1) is 15.7. The minimum Gasteiger partial charge on any atom is -0.497 e. The van der Waals surface area contributed by atoms with E-state index in [1.165, 1.54) is 10.6 Å². The molecule has 1 saturated heterocycles. The maximum absolute atomic E-state index is 12.9. The monoisotopic (exact) mass is 449 g/mol. The normalized spacial score (nSPS) is 16.7. The van der Waals surface area contributed by atoms with E-state index in [1.54, 1.807) is 18.4 Å². The third kappa shape index (κ3) is 4.47. The molecule has 0 spiro atoms. The van der Waals surface area contributed by atoms with Gasteiger partial charge in [0.25, 0.3) is 0 Å². The van der Waals surface area contributed by atoms with Gasteiger partial charge in [0, 0.05) is 62.3 Å². The van der Waals surface area contributed by atoms with Gasteiger partial charge in [0.15, 0.2) is 0 Å². The van der Waals surface area contributed by atoms with Crippen LogP contribution < -0.4 is 9.64 Å². The number of amides is 1. The number of nitrogens with zero attached hydrogens (tertiary/aromatic N) is 5. The Morgan fingerprint density at radius 3 is 2.75 bits per heavy atom. The lowest BCUT2D eigenvalue weighted by Crippen LogP contribution is -2.51. The van der Waals surface area contributed by atoms with Gasteiger partial charge in [0.2, 0.25) is 5.91 Å². The lowest BCUT2D eigenvalue weighted by atomic mass is 10.1. The number of anilines is 1. The van der Waals surface area contributed by atoms with Crippen LogP contribution in [0, 0.1) is 0 Å². The van der Waals surface area contributed by atoms with Gasteiger partial charge in [-0.3, -0.25) is 9.69 Å². The van der Waals surface area contributed by atoms with Gasteiger partial charge in [-0.05, 0) is 24.3 Å². The maximum Gasteiger partial charge on any atom is 0.236 e. The number of methoxy groups -OCH3 is 1. The number of carbonyl (C=O) groups excluding carboxylic acids is 1. The SMILES string of the molecule is COc1cccc(-c2nc3c(s2)CN(CC(=O)N2CCN(c4ccccn4)CC2)CC3)c1. The summed E-state index contributed by atoms with van der Waals surface area (Å²) in [6, 6.07) is 14.0. The Kier molecular flexibility index (Phi) is 6.05. The molecule has 0 atom stereocenters. The molecule has 0 aliphatic carbocycles. The van der Waals surface area contributed by atoms with Gasteiger partial charge in [-0.15, -0.1) is 11.3 Å². The molecule has 2 aromatic heterocycles. The van der Waals surface area contributed by atoms with Crippen LogP contribution in [0.25, 0.3) is 10.6 Å². The van der Waals surface area contributed by atoms with E-state index in [0.717, 1.165) is 67.8 Å². The van der Waals surface area contributed by atoms with E-state index in [2.05, 4.69) is 20.9 Å². The number of ether oxygens (including phenoxy) is 1. The zero-order valence-corrected chi connectivity index (χ0v) is 19.1. The molecule has 32 heavy (non-hydrogen) atoms. The molecule has 8 heteroatoms. The Bertz CT molecular complexity index is 1080. The van der Waals surface area contributed by atoms with Crippen LogP contribution in [-0.2, 0) is 17.8 Å². The number of hydrogen-bond donors (Lipinski definition) is 0. The van der Waals surface area contributed by atoms with Crippen LogP contribution in [0.15, 0.2) is 48.7 Å². The molecule has 5 rings (SSSR count). The summed E-state index contributed by atoms with van der Waals surface area (Å²) in [7, 11) is 1.68. The predicted molar refractivity (Wildman–Crippen MR) is 126 cm³/mol. The molecule has 1 amide bonds. The first-order valence-corrected chi connectivity index (χ1v) is 11.8. The molecule has 0 unspecified atom stereocenters. The Morgan fingerprint density at radius 1 is 1.09 bits per heavy atom. The van der Waals surface area contributed by atoms with E-state index in [0.29, 0.717) is 6.54 Å². The maximum atomic E-state index is 12.9. The van der Waals surface area contributed by atoms with E-state index < -0.39 is 0 Å². The van der Waals surface area contributed by atoms with Crippen molar-refractivity contribution in [2.75, 3.05) is 51.3 Å². The highest BCUT2D eigenvalue weighted by molar-refractivity contribution is 7.15. The summed E-state index contributed by atoms with van der Waals surface area (Å²) in [6.07, 6.45) is 2.70. The number of rotatable bonds is 5. The van der Waals surface area contributed by atoms with Gasteiger partial charge in [-0.25, -0.2) is 9.97 Å². The Labute approximate surface area is 192 Å². The van der Waals surface area contributed by atoms with Gasteiger partial charge in [-0.1, -0.05) is 18.2 Å². The average molecular weight is 450 g/mol. The largest absolute Gasteiger partial charge is 0.497 e. The first kappa shape index (κ1) is 20.9. The second-order valence-corrected chi connectivity index (χ2v) is 9.22. The predicted octanol–water partition coefficient (Wildman–Crippen LogP) is 2.92. The Morgan fingerprint density at radius 2 is 1.97 bits per heavy atom. The summed E-state index contributed by atoms with van der Waals surface area (Å²) in [5.41, 5.74) is 2.25. The van der Waals surface area contributed by atoms with E-state index in [4.69, 9.17) is 9.72 Å². The van der Waals surface area contributed by atoms with Gasteiger partial charge in [0.05, 0.1) is 19.3 Å². The van der Waals surface area contributed by atoms with Crippen LogP contribution in [-0.4, -0.2) is 72.1 Å². The third-order valence-corrected chi connectivity index (χ3v) is 7.22. The summed E-state index contributed by atoms with van der Waals surface area (Å²) in [5.74, 6) is 2.04. The number of benzene rings is 1. The Hall–Kier alpha value is -2.97. The van der Waals surface area contributed by atoms with E-state index in [-0.39, 0.29) is 5.91 Å². The fraction of sp³-hybridized carbons (Fsp3) is 0.375. The highest BCUT2D eigenvalue weighted by Crippen LogP contribution is 2.33. The van der Waals surface area contributed by atoms with E-state index >= 15 is 0 Å². The molecule has 2 aliphatic rings. The van der Waals surface area contributed by atoms with Crippen LogP contribution in [0.4, 0.5) is 5.82 Å². The standard InChI is InChI=1S/C24H27N5O2S/c1-31-19-6-4-5-18(15-19)24-26-20-8-10-27(16-21(20)32-24)17-23(30)29-13-11-28(12-14-29)22-7-2-3-9-25-22/h2-7,9,15H,8,10-14,16-17H2,1H3. The molecule has 0 saturated carbocycles. The van der Waals surface area contributed by atoms with Crippen LogP contribution in [0.5, 0.6) is 5.75 Å². The summed E-state index contributed by atoms with van der Waals surface area (Å²) in [5, 5.41) is 1.02. The molecule has 166 valence electrons. The third-order valence-electron chi connectivity index (χ3n) is 6.09. The topological polar surface area (TPSA) is 61.8 Å². The molecule has 2 aliphatic heterocycles. The smallest absolute Gasteiger partial charge is 0.236 e. The second-order valence-electron chi connectivity index (χ2n) is 8.14. The fourth-order valence-corrected chi connectivity index (χ4v) is 5.43. The molecular weight excluding hydrogens is 422 g/mol. The quantitative estimate of drug-likeness (QED) is 0.597. The van der Waals surface area contributed by atoms with Crippen molar-refractivity contribution in [1.82, 2.24) is 19.8 Å². The molecule has 3 aromatic rings. The lowest BCUT2D eigenvalue weighted by Gasteiger charge is -2.36. The van der Waals surface area contributed by atoms with Crippen molar-refractivity contribution in [2.45, 2.75) is 13.0 Å². The molecule has 0 N–H and O–H groups in total. The molecule has 1 fully saturated rings. The molecular formula is C24H27N5O2S. The number of hydrogen-bond acceptors (Lipinski definition) is 7. The van der Waals surface area contributed by atoms with E-state index in [1.807, 2.05) is 47.5 Å². The van der Waals surface area contributed by atoms with Crippen LogP contribution in [0.1, 0.15) is 10.6 Å². The lowest BCUT2D eigenvalue weighted by molar-refractivity contribution is -0.132. The molecule has 1 aromatic carbocycles. The number of carbonyl (C=O) groups is 1. The minimum atomic E-state index is 0.214. The first-order valence-electron chi connectivity index (χ1n) is 11.0. The number of aromatic nitrogens is 2. The van der Waals surface area contributed by atoms with E-state index in [9.17, 15) is 4.79 Å². The molecule has 4 heterocycles. The van der Waals surface area contributed by atoms with Crippen molar-refractivity contribution < 1.29 is 9.53 Å². The summed E-state index contributed by atoms with van der Waals surface area (Å²) in [4.78, 5) is 30.0. The molecule has 0 bridgehead atoms. The zero-order chi connectivity index (χ0) is 21.9. The van der Waals surface area contributed by atoms with Crippen molar-refractivity contribution >= 4 is 23.1 Å². The number of fused-ring (bicyclic) bond motifs is 1. The highest BCUT2D eigenvalue weighted by Gasteiger charge is 2.26. The van der Waals surface area contributed by atoms with Crippen molar-refractivity contribution in [3.05, 3.63) is 59.2 Å². The molecule has 0 radical (unpaired) electrons.